The van der Waals surface area contributed by atoms with Gasteiger partial charge in [0.25, 0.3) is 16.0 Å². The highest BCUT2D eigenvalue weighted by Gasteiger charge is 2.18. The van der Waals surface area contributed by atoms with Crippen LogP contribution in [-0.4, -0.2) is 23.2 Å². The number of hydrogen-bond acceptors (Lipinski definition) is 5. The number of anilines is 1. The zero-order chi connectivity index (χ0) is 16.4. The Balaban J connectivity index is 1.74. The van der Waals surface area contributed by atoms with Crippen LogP contribution in [0.15, 0.2) is 46.9 Å². The number of sulfonamides is 1. The highest BCUT2D eigenvalue weighted by atomic mass is 35.5. The summed E-state index contributed by atoms with van der Waals surface area (Å²) in [5.41, 5.74) is 0.689. The van der Waals surface area contributed by atoms with Gasteiger partial charge in [0.2, 0.25) is 0 Å². The van der Waals surface area contributed by atoms with E-state index in [-0.39, 0.29) is 22.5 Å². The molecule has 10 heteroatoms. The fraction of sp³-hybridized carbons (Fsp3) is 0.0769. The molecule has 6 nitrogen and oxygen atoms in total. The number of aromatic nitrogens is 3. The molecule has 120 valence electrons. The third-order valence-electron chi connectivity index (χ3n) is 2.81. The summed E-state index contributed by atoms with van der Waals surface area (Å²) in [6.45, 7) is 0.275. The summed E-state index contributed by atoms with van der Waals surface area (Å²) in [6.07, 6.45) is 1.37. The molecule has 1 aromatic carbocycles. The standard InChI is InChI=1S/C13H10ClFN4O2S2/c14-11-4-5-12(22-11)23(20,21)18-13-16-8-19(17-13)7-9-2-1-3-10(15)6-9/h1-6,8H,7H2,(H,17,18). The van der Waals surface area contributed by atoms with E-state index in [4.69, 9.17) is 11.6 Å². The van der Waals surface area contributed by atoms with E-state index in [1.807, 2.05) is 0 Å². The second-order valence-electron chi connectivity index (χ2n) is 4.56. The lowest BCUT2D eigenvalue weighted by Crippen LogP contribution is -2.13. The van der Waals surface area contributed by atoms with Crippen molar-refractivity contribution in [1.29, 1.82) is 0 Å². The number of nitrogens with one attached hydrogen (secondary N) is 1. The summed E-state index contributed by atoms with van der Waals surface area (Å²) >= 11 is 6.67. The molecule has 0 aliphatic carbocycles. The van der Waals surface area contributed by atoms with Crippen LogP contribution in [0.4, 0.5) is 10.3 Å². The summed E-state index contributed by atoms with van der Waals surface area (Å²) in [4.78, 5) is 3.89. The summed E-state index contributed by atoms with van der Waals surface area (Å²) in [5.74, 6) is -0.413. The van der Waals surface area contributed by atoms with E-state index < -0.39 is 10.0 Å². The molecular weight excluding hydrogens is 363 g/mol. The van der Waals surface area contributed by atoms with Gasteiger partial charge in [-0.25, -0.2) is 22.2 Å². The lowest BCUT2D eigenvalue weighted by atomic mass is 10.2. The highest BCUT2D eigenvalue weighted by molar-refractivity contribution is 7.94. The Morgan fingerprint density at radius 2 is 2.13 bits per heavy atom. The number of thiophene rings is 1. The Hall–Kier alpha value is -1.97. The van der Waals surface area contributed by atoms with Crippen molar-refractivity contribution in [2.45, 2.75) is 10.8 Å². The van der Waals surface area contributed by atoms with E-state index in [1.54, 1.807) is 12.1 Å². The fourth-order valence-electron chi connectivity index (χ4n) is 1.85. The van der Waals surface area contributed by atoms with Crippen molar-refractivity contribution in [3.05, 3.63) is 58.4 Å². The van der Waals surface area contributed by atoms with Crippen LogP contribution in [0.25, 0.3) is 0 Å². The van der Waals surface area contributed by atoms with Gasteiger partial charge in [-0.15, -0.1) is 16.4 Å². The van der Waals surface area contributed by atoms with Gasteiger partial charge in [-0.2, -0.15) is 4.98 Å². The molecule has 23 heavy (non-hydrogen) atoms. The summed E-state index contributed by atoms with van der Waals surface area (Å²) in [7, 11) is -3.77. The molecule has 0 atom stereocenters. The molecule has 0 fully saturated rings. The normalized spacial score (nSPS) is 11.6. The Morgan fingerprint density at radius 1 is 1.30 bits per heavy atom. The topological polar surface area (TPSA) is 76.9 Å². The van der Waals surface area contributed by atoms with Crippen LogP contribution in [0.3, 0.4) is 0 Å². The van der Waals surface area contributed by atoms with Gasteiger partial charge >= 0.3 is 0 Å². The molecule has 0 aliphatic rings. The third kappa shape index (κ3) is 3.87. The molecule has 0 saturated heterocycles. The molecule has 0 radical (unpaired) electrons. The molecule has 0 aliphatic heterocycles. The monoisotopic (exact) mass is 372 g/mol. The van der Waals surface area contributed by atoms with Crippen molar-refractivity contribution in [2.75, 3.05) is 4.72 Å². The molecule has 1 N–H and O–H groups in total. The third-order valence-corrected chi connectivity index (χ3v) is 5.86. The first-order valence-corrected chi connectivity index (χ1v) is 9.02. The van der Waals surface area contributed by atoms with Gasteiger partial charge in [0.05, 0.1) is 10.9 Å². The molecule has 0 saturated carbocycles. The lowest BCUT2D eigenvalue weighted by molar-refractivity contribution is 0.602. The van der Waals surface area contributed by atoms with Crippen molar-refractivity contribution in [3.8, 4) is 0 Å². The Kier molecular flexibility index (Phi) is 4.33. The van der Waals surface area contributed by atoms with Gasteiger partial charge in [-0.1, -0.05) is 23.7 Å². The van der Waals surface area contributed by atoms with Crippen molar-refractivity contribution in [2.24, 2.45) is 0 Å². The average molecular weight is 373 g/mol. The molecule has 0 bridgehead atoms. The quantitative estimate of drug-likeness (QED) is 0.747. The second-order valence-corrected chi connectivity index (χ2v) is 8.18. The molecule has 2 aromatic heterocycles. The number of rotatable bonds is 5. The van der Waals surface area contributed by atoms with Crippen molar-refractivity contribution in [1.82, 2.24) is 14.8 Å². The van der Waals surface area contributed by atoms with E-state index in [9.17, 15) is 12.8 Å². The SMILES string of the molecule is O=S(=O)(Nc1ncn(Cc2cccc(F)c2)n1)c1ccc(Cl)s1. The lowest BCUT2D eigenvalue weighted by Gasteiger charge is -2.02. The van der Waals surface area contributed by atoms with E-state index in [0.29, 0.717) is 9.90 Å². The zero-order valence-corrected chi connectivity index (χ0v) is 13.9. The van der Waals surface area contributed by atoms with Crippen LogP contribution >= 0.6 is 22.9 Å². The first-order chi connectivity index (χ1) is 10.9. The number of hydrogen-bond donors (Lipinski definition) is 1. The zero-order valence-electron chi connectivity index (χ0n) is 11.5. The molecule has 0 amide bonds. The Labute approximate surface area is 140 Å². The van der Waals surface area contributed by atoms with Crippen LogP contribution < -0.4 is 4.72 Å². The van der Waals surface area contributed by atoms with Gasteiger partial charge in [-0.05, 0) is 29.8 Å². The van der Waals surface area contributed by atoms with Crippen LogP contribution in [0, 0.1) is 5.82 Å². The van der Waals surface area contributed by atoms with Crippen molar-refractivity contribution < 1.29 is 12.8 Å². The predicted molar refractivity (Wildman–Crippen MR) is 85.7 cm³/mol. The Morgan fingerprint density at radius 3 is 2.83 bits per heavy atom. The minimum atomic E-state index is -3.77. The maximum atomic E-state index is 13.1. The van der Waals surface area contributed by atoms with Gasteiger partial charge in [-0.3, -0.25) is 0 Å². The molecule has 2 heterocycles. The maximum absolute atomic E-state index is 13.1. The van der Waals surface area contributed by atoms with E-state index in [2.05, 4.69) is 14.8 Å². The Bertz CT molecular complexity index is 939. The summed E-state index contributed by atoms with van der Waals surface area (Å²) < 4.78 is 41.5. The first kappa shape index (κ1) is 15.9. The van der Waals surface area contributed by atoms with Crippen LogP contribution in [0.5, 0.6) is 0 Å². The predicted octanol–water partition coefficient (Wildman–Crippen LogP) is 2.98. The fourth-order valence-corrected chi connectivity index (χ4v) is 4.28. The van der Waals surface area contributed by atoms with E-state index in [1.165, 1.54) is 35.3 Å². The van der Waals surface area contributed by atoms with Crippen molar-refractivity contribution in [3.63, 3.8) is 0 Å². The molecule has 3 rings (SSSR count). The van der Waals surface area contributed by atoms with Gasteiger partial charge in [0, 0.05) is 0 Å². The molecule has 0 unspecified atom stereocenters. The molecule has 3 aromatic rings. The average Bonchev–Trinajstić information content (AvgIpc) is 3.08. The first-order valence-electron chi connectivity index (χ1n) is 6.34. The minimum Gasteiger partial charge on any atom is -0.246 e. The molecular formula is C13H10ClFN4O2S2. The van der Waals surface area contributed by atoms with Crippen LogP contribution in [0.2, 0.25) is 4.34 Å². The summed E-state index contributed by atoms with van der Waals surface area (Å²) in [5, 5.41) is 4.02. The second kappa shape index (κ2) is 6.26. The highest BCUT2D eigenvalue weighted by Crippen LogP contribution is 2.26. The van der Waals surface area contributed by atoms with E-state index >= 15 is 0 Å². The number of nitrogens with zero attached hydrogens (tertiary/aromatic N) is 3. The van der Waals surface area contributed by atoms with Crippen molar-refractivity contribution >= 4 is 38.9 Å². The smallest absolute Gasteiger partial charge is 0.246 e. The minimum absolute atomic E-state index is 0.0640. The van der Waals surface area contributed by atoms with Gasteiger partial charge in [0.15, 0.2) is 0 Å². The van der Waals surface area contributed by atoms with Gasteiger partial charge in [0.1, 0.15) is 16.4 Å². The largest absolute Gasteiger partial charge is 0.273 e. The van der Waals surface area contributed by atoms with E-state index in [0.717, 1.165) is 11.3 Å². The summed E-state index contributed by atoms with van der Waals surface area (Å²) in [6, 6.07) is 8.94. The van der Waals surface area contributed by atoms with Crippen LogP contribution in [-0.2, 0) is 16.6 Å². The molecule has 0 spiro atoms. The van der Waals surface area contributed by atoms with Gasteiger partial charge < -0.3 is 0 Å². The maximum Gasteiger partial charge on any atom is 0.273 e. The van der Waals surface area contributed by atoms with Crippen LogP contribution in [0.1, 0.15) is 5.56 Å². The number of halogens is 2. The number of benzene rings is 1.